The lowest BCUT2D eigenvalue weighted by molar-refractivity contribution is -0.117. The molecule has 4 rings (SSSR count). The molecule has 3 N–H and O–H groups in total. The summed E-state index contributed by atoms with van der Waals surface area (Å²) in [7, 11) is 0. The average molecular weight is 411 g/mol. The fourth-order valence-electron chi connectivity index (χ4n) is 3.36. The van der Waals surface area contributed by atoms with Crippen molar-refractivity contribution in [2.45, 2.75) is 18.8 Å². The van der Waals surface area contributed by atoms with Crippen LogP contribution in [0.3, 0.4) is 0 Å². The van der Waals surface area contributed by atoms with Crippen molar-refractivity contribution in [2.75, 3.05) is 25.0 Å². The number of carbonyl (C=O) groups is 2. The SMILES string of the molecule is NC(=O)c1ccc(NC(=O)CN2CCC(c3nnc(-c4ccsc4)o3)CC2)cc1. The first-order valence-electron chi connectivity index (χ1n) is 9.36. The van der Waals surface area contributed by atoms with Crippen LogP contribution in [0.15, 0.2) is 45.5 Å². The Morgan fingerprint density at radius 2 is 1.93 bits per heavy atom. The molecule has 0 saturated carbocycles. The van der Waals surface area contributed by atoms with Crippen molar-refractivity contribution in [1.29, 1.82) is 0 Å². The molecule has 3 aromatic rings. The van der Waals surface area contributed by atoms with E-state index in [1.165, 1.54) is 0 Å². The van der Waals surface area contributed by atoms with Gasteiger partial charge in [0.1, 0.15) is 0 Å². The van der Waals surface area contributed by atoms with Crippen LogP contribution in [0.2, 0.25) is 0 Å². The van der Waals surface area contributed by atoms with Crippen molar-refractivity contribution in [3.05, 3.63) is 52.5 Å². The highest BCUT2D eigenvalue weighted by molar-refractivity contribution is 7.08. The van der Waals surface area contributed by atoms with E-state index in [2.05, 4.69) is 20.4 Å². The Morgan fingerprint density at radius 1 is 1.17 bits per heavy atom. The first-order chi connectivity index (χ1) is 14.1. The second kappa shape index (κ2) is 8.54. The molecule has 2 amide bonds. The van der Waals surface area contributed by atoms with Gasteiger partial charge < -0.3 is 15.5 Å². The van der Waals surface area contributed by atoms with E-state index in [1.807, 2.05) is 16.8 Å². The number of amides is 2. The van der Waals surface area contributed by atoms with Gasteiger partial charge in [0.2, 0.25) is 23.6 Å². The molecule has 3 heterocycles. The Kier molecular flexibility index (Phi) is 5.68. The van der Waals surface area contributed by atoms with Crippen LogP contribution >= 0.6 is 11.3 Å². The number of rotatable bonds is 6. The summed E-state index contributed by atoms with van der Waals surface area (Å²) in [4.78, 5) is 25.5. The van der Waals surface area contributed by atoms with Crippen LogP contribution < -0.4 is 11.1 Å². The van der Waals surface area contributed by atoms with Crippen molar-refractivity contribution < 1.29 is 14.0 Å². The zero-order chi connectivity index (χ0) is 20.2. The Morgan fingerprint density at radius 3 is 2.59 bits per heavy atom. The summed E-state index contributed by atoms with van der Waals surface area (Å²) in [6.45, 7) is 1.89. The van der Waals surface area contributed by atoms with Crippen LogP contribution in [0.1, 0.15) is 35.0 Å². The van der Waals surface area contributed by atoms with E-state index in [0.717, 1.165) is 31.5 Å². The van der Waals surface area contributed by atoms with E-state index in [-0.39, 0.29) is 11.8 Å². The summed E-state index contributed by atoms with van der Waals surface area (Å²) in [6.07, 6.45) is 1.73. The molecule has 0 spiro atoms. The molecule has 8 nitrogen and oxygen atoms in total. The van der Waals surface area contributed by atoms with E-state index >= 15 is 0 Å². The summed E-state index contributed by atoms with van der Waals surface area (Å²) in [5.41, 5.74) is 7.22. The third-order valence-electron chi connectivity index (χ3n) is 4.97. The lowest BCUT2D eigenvalue weighted by atomic mass is 9.97. The number of thiophene rings is 1. The van der Waals surface area contributed by atoms with Gasteiger partial charge in [0.15, 0.2) is 0 Å². The van der Waals surface area contributed by atoms with Crippen molar-refractivity contribution >= 4 is 28.8 Å². The Bertz CT molecular complexity index is 976. The fraction of sp³-hybridized carbons (Fsp3) is 0.300. The molecule has 1 fully saturated rings. The van der Waals surface area contributed by atoms with Gasteiger partial charge in [-0.15, -0.1) is 10.2 Å². The number of benzene rings is 1. The predicted octanol–water partition coefficient (Wildman–Crippen LogP) is 2.72. The van der Waals surface area contributed by atoms with Crippen LogP contribution in [0.5, 0.6) is 0 Å². The maximum Gasteiger partial charge on any atom is 0.248 e. The summed E-state index contributed by atoms with van der Waals surface area (Å²) in [5.74, 6) is 0.869. The molecule has 150 valence electrons. The number of hydrogen-bond acceptors (Lipinski definition) is 7. The van der Waals surface area contributed by atoms with Gasteiger partial charge in [-0.25, -0.2) is 0 Å². The molecule has 1 aromatic carbocycles. The van der Waals surface area contributed by atoms with Gasteiger partial charge in [0.25, 0.3) is 0 Å². The van der Waals surface area contributed by atoms with Crippen molar-refractivity contribution in [2.24, 2.45) is 5.73 Å². The largest absolute Gasteiger partial charge is 0.420 e. The number of nitrogens with zero attached hydrogens (tertiary/aromatic N) is 3. The highest BCUT2D eigenvalue weighted by Gasteiger charge is 2.26. The number of nitrogens with one attached hydrogen (secondary N) is 1. The fourth-order valence-corrected chi connectivity index (χ4v) is 3.99. The molecule has 29 heavy (non-hydrogen) atoms. The summed E-state index contributed by atoms with van der Waals surface area (Å²) in [6, 6.07) is 8.50. The standard InChI is InChI=1S/C20H21N5O3S/c21-18(27)13-1-3-16(4-2-13)22-17(26)11-25-8-5-14(6-9-25)19-23-24-20(28-19)15-7-10-29-12-15/h1-4,7,10,12,14H,5-6,8-9,11H2,(H2,21,27)(H,22,26). The molecular formula is C20H21N5O3S. The summed E-state index contributed by atoms with van der Waals surface area (Å²) >= 11 is 1.59. The monoisotopic (exact) mass is 411 g/mol. The number of primary amides is 1. The minimum atomic E-state index is -0.491. The smallest absolute Gasteiger partial charge is 0.248 e. The Hall–Kier alpha value is -3.04. The summed E-state index contributed by atoms with van der Waals surface area (Å²) < 4.78 is 5.84. The number of piperidine rings is 1. The minimum Gasteiger partial charge on any atom is -0.420 e. The highest BCUT2D eigenvalue weighted by atomic mass is 32.1. The number of aromatic nitrogens is 2. The highest BCUT2D eigenvalue weighted by Crippen LogP contribution is 2.29. The van der Waals surface area contributed by atoms with E-state index < -0.39 is 5.91 Å². The molecule has 0 atom stereocenters. The predicted molar refractivity (Wildman–Crippen MR) is 110 cm³/mol. The molecular weight excluding hydrogens is 390 g/mol. The maximum atomic E-state index is 12.3. The molecule has 1 saturated heterocycles. The van der Waals surface area contributed by atoms with E-state index in [1.54, 1.807) is 35.6 Å². The van der Waals surface area contributed by atoms with E-state index in [0.29, 0.717) is 29.6 Å². The van der Waals surface area contributed by atoms with Crippen LogP contribution in [-0.2, 0) is 4.79 Å². The van der Waals surface area contributed by atoms with Crippen LogP contribution in [0, 0.1) is 0 Å². The van der Waals surface area contributed by atoms with Gasteiger partial charge in [-0.1, -0.05) is 0 Å². The van der Waals surface area contributed by atoms with Gasteiger partial charge in [-0.3, -0.25) is 14.5 Å². The normalized spacial score (nSPS) is 15.3. The molecule has 0 unspecified atom stereocenters. The van der Waals surface area contributed by atoms with Crippen molar-refractivity contribution in [3.8, 4) is 11.5 Å². The molecule has 9 heteroatoms. The number of hydrogen-bond donors (Lipinski definition) is 2. The topological polar surface area (TPSA) is 114 Å². The maximum absolute atomic E-state index is 12.3. The second-order valence-corrected chi connectivity index (χ2v) is 7.78. The van der Waals surface area contributed by atoms with Gasteiger partial charge in [-0.05, 0) is 61.6 Å². The second-order valence-electron chi connectivity index (χ2n) is 7.00. The molecule has 0 radical (unpaired) electrons. The van der Waals surface area contributed by atoms with Gasteiger partial charge in [-0.2, -0.15) is 11.3 Å². The molecule has 1 aliphatic heterocycles. The van der Waals surface area contributed by atoms with Gasteiger partial charge in [0.05, 0.1) is 6.54 Å². The summed E-state index contributed by atoms with van der Waals surface area (Å²) in [5, 5.41) is 15.2. The lowest BCUT2D eigenvalue weighted by Gasteiger charge is -2.29. The molecule has 1 aliphatic rings. The number of nitrogens with two attached hydrogens (primary N) is 1. The zero-order valence-corrected chi connectivity index (χ0v) is 16.5. The Labute approximate surface area is 171 Å². The zero-order valence-electron chi connectivity index (χ0n) is 15.7. The van der Waals surface area contributed by atoms with Crippen molar-refractivity contribution in [1.82, 2.24) is 15.1 Å². The average Bonchev–Trinajstić information content (AvgIpc) is 3.41. The third-order valence-corrected chi connectivity index (χ3v) is 5.65. The number of likely N-dealkylation sites (tertiary alicyclic amines) is 1. The van der Waals surface area contributed by atoms with Crippen LogP contribution in [0.4, 0.5) is 5.69 Å². The lowest BCUT2D eigenvalue weighted by Crippen LogP contribution is -2.38. The molecule has 2 aromatic heterocycles. The quantitative estimate of drug-likeness (QED) is 0.645. The first kappa shape index (κ1) is 19.3. The third kappa shape index (κ3) is 4.69. The minimum absolute atomic E-state index is 0.0900. The van der Waals surface area contributed by atoms with Crippen molar-refractivity contribution in [3.63, 3.8) is 0 Å². The van der Waals surface area contributed by atoms with Gasteiger partial charge in [0, 0.05) is 28.1 Å². The van der Waals surface area contributed by atoms with Gasteiger partial charge >= 0.3 is 0 Å². The Balaban J connectivity index is 1.26. The number of anilines is 1. The number of carbonyl (C=O) groups excluding carboxylic acids is 2. The first-order valence-corrected chi connectivity index (χ1v) is 10.3. The molecule has 0 bridgehead atoms. The van der Waals surface area contributed by atoms with Crippen LogP contribution in [-0.4, -0.2) is 46.5 Å². The van der Waals surface area contributed by atoms with E-state index in [4.69, 9.17) is 10.2 Å². The molecule has 0 aliphatic carbocycles. The van der Waals surface area contributed by atoms with Crippen LogP contribution in [0.25, 0.3) is 11.5 Å². The van der Waals surface area contributed by atoms with E-state index in [9.17, 15) is 9.59 Å².